The summed E-state index contributed by atoms with van der Waals surface area (Å²) in [5.74, 6) is 0.999. The van der Waals surface area contributed by atoms with Crippen LogP contribution in [0.15, 0.2) is 52.1 Å². The van der Waals surface area contributed by atoms with Gasteiger partial charge in [0.1, 0.15) is 5.76 Å². The van der Waals surface area contributed by atoms with Crippen molar-refractivity contribution in [3.05, 3.63) is 59.5 Å². The maximum atomic E-state index is 12.5. The van der Waals surface area contributed by atoms with E-state index in [-0.39, 0.29) is 29.5 Å². The molecule has 1 aromatic heterocycles. The third kappa shape index (κ3) is 7.79. The molecule has 0 aliphatic carbocycles. The van der Waals surface area contributed by atoms with Crippen LogP contribution in [0.5, 0.6) is 0 Å². The molecule has 0 atom stereocenters. The van der Waals surface area contributed by atoms with Crippen LogP contribution in [0.3, 0.4) is 0 Å². The lowest BCUT2D eigenvalue weighted by Crippen LogP contribution is -2.42. The minimum absolute atomic E-state index is 0. The van der Waals surface area contributed by atoms with Gasteiger partial charge in [0.15, 0.2) is 5.96 Å². The number of alkyl halides is 3. The quantitative estimate of drug-likeness (QED) is 0.232. The van der Waals surface area contributed by atoms with E-state index in [1.807, 2.05) is 12.1 Å². The summed E-state index contributed by atoms with van der Waals surface area (Å²) in [5.41, 5.74) is -0.617. The predicted molar refractivity (Wildman–Crippen MR) is 111 cm³/mol. The summed E-state index contributed by atoms with van der Waals surface area (Å²) < 4.78 is 42.8. The van der Waals surface area contributed by atoms with Crippen molar-refractivity contribution < 1.29 is 22.4 Å². The van der Waals surface area contributed by atoms with Gasteiger partial charge in [0.2, 0.25) is 0 Å². The van der Waals surface area contributed by atoms with Crippen molar-refractivity contribution in [2.24, 2.45) is 4.99 Å². The lowest BCUT2D eigenvalue weighted by molar-refractivity contribution is -0.137. The number of carbonyl (C=O) groups excluding carboxylic acids is 1. The number of nitrogens with one attached hydrogen (secondary N) is 3. The van der Waals surface area contributed by atoms with Crippen molar-refractivity contribution >= 4 is 35.8 Å². The number of guanidine groups is 1. The molecule has 0 spiro atoms. The van der Waals surface area contributed by atoms with Crippen molar-refractivity contribution in [1.82, 2.24) is 16.0 Å². The molecular weight excluding hydrogens is 488 g/mol. The molecule has 1 aromatic carbocycles. The highest BCUT2D eigenvalue weighted by Gasteiger charge is 2.30. The zero-order valence-electron chi connectivity index (χ0n) is 15.2. The van der Waals surface area contributed by atoms with E-state index in [2.05, 4.69) is 20.9 Å². The van der Waals surface area contributed by atoms with Gasteiger partial charge in [-0.15, -0.1) is 24.0 Å². The van der Waals surface area contributed by atoms with Gasteiger partial charge in [0.05, 0.1) is 11.8 Å². The van der Waals surface area contributed by atoms with Crippen molar-refractivity contribution in [3.63, 3.8) is 0 Å². The normalized spacial score (nSPS) is 11.5. The lowest BCUT2D eigenvalue weighted by atomic mass is 10.1. The monoisotopic (exact) mass is 510 g/mol. The summed E-state index contributed by atoms with van der Waals surface area (Å²) >= 11 is 0. The summed E-state index contributed by atoms with van der Waals surface area (Å²) in [7, 11) is 1.63. The Balaban J connectivity index is 0.00000392. The van der Waals surface area contributed by atoms with Crippen LogP contribution in [0.2, 0.25) is 0 Å². The fraction of sp³-hybridized carbons (Fsp3) is 0.333. The van der Waals surface area contributed by atoms with E-state index in [9.17, 15) is 18.0 Å². The van der Waals surface area contributed by atoms with Gasteiger partial charge in [-0.25, -0.2) is 0 Å². The number of nitrogens with zero attached hydrogens (tertiary/aromatic N) is 1. The van der Waals surface area contributed by atoms with E-state index in [0.29, 0.717) is 32.0 Å². The van der Waals surface area contributed by atoms with Crippen LogP contribution in [-0.4, -0.2) is 38.5 Å². The molecule has 2 aromatic rings. The van der Waals surface area contributed by atoms with Crippen molar-refractivity contribution in [1.29, 1.82) is 0 Å². The first-order valence-corrected chi connectivity index (χ1v) is 8.32. The number of aliphatic imine (C=N–C) groups is 1. The van der Waals surface area contributed by atoms with Crippen molar-refractivity contribution in [3.8, 4) is 0 Å². The molecule has 0 saturated carbocycles. The number of halogens is 4. The molecule has 1 amide bonds. The summed E-state index contributed by atoms with van der Waals surface area (Å²) in [5, 5.41) is 8.77. The highest BCUT2D eigenvalue weighted by Crippen LogP contribution is 2.28. The Labute approximate surface area is 178 Å². The average Bonchev–Trinajstić information content (AvgIpc) is 3.16. The summed E-state index contributed by atoms with van der Waals surface area (Å²) in [4.78, 5) is 16.0. The second-order valence-corrected chi connectivity index (χ2v) is 5.59. The molecule has 1 heterocycles. The van der Waals surface area contributed by atoms with Crippen LogP contribution in [0.4, 0.5) is 13.2 Å². The van der Waals surface area contributed by atoms with Crippen LogP contribution in [0, 0.1) is 0 Å². The Morgan fingerprint density at radius 2 is 1.68 bits per heavy atom. The second-order valence-electron chi connectivity index (χ2n) is 5.59. The Morgan fingerprint density at radius 1 is 1.04 bits per heavy atom. The topological polar surface area (TPSA) is 78.7 Å². The molecule has 0 radical (unpaired) electrons. The predicted octanol–water partition coefficient (Wildman–Crippen LogP) is 3.05. The fourth-order valence-electron chi connectivity index (χ4n) is 2.25. The molecular formula is C18H22F3IN4O2. The Bertz CT molecular complexity index is 747. The average molecular weight is 510 g/mol. The number of amides is 1. The van der Waals surface area contributed by atoms with Crippen LogP contribution in [0.1, 0.15) is 21.7 Å². The first-order chi connectivity index (χ1) is 12.9. The van der Waals surface area contributed by atoms with Crippen molar-refractivity contribution in [2.45, 2.75) is 12.6 Å². The highest BCUT2D eigenvalue weighted by atomic mass is 127. The molecule has 0 aliphatic heterocycles. The molecule has 0 aliphatic rings. The fourth-order valence-corrected chi connectivity index (χ4v) is 2.25. The smallest absolute Gasteiger partial charge is 0.416 e. The van der Waals surface area contributed by atoms with Crippen LogP contribution in [-0.2, 0) is 12.6 Å². The van der Waals surface area contributed by atoms with Crippen LogP contribution < -0.4 is 16.0 Å². The zero-order valence-corrected chi connectivity index (χ0v) is 17.5. The Hall–Kier alpha value is -2.24. The van der Waals surface area contributed by atoms with Gasteiger partial charge in [-0.05, 0) is 36.4 Å². The number of furan rings is 1. The van der Waals surface area contributed by atoms with Gasteiger partial charge in [-0.3, -0.25) is 9.79 Å². The number of hydrogen-bond donors (Lipinski definition) is 3. The Kier molecular flexibility index (Phi) is 9.83. The molecule has 0 bridgehead atoms. The van der Waals surface area contributed by atoms with Gasteiger partial charge < -0.3 is 20.4 Å². The molecule has 2 rings (SSSR count). The minimum Gasteiger partial charge on any atom is -0.469 e. The number of benzene rings is 1. The van der Waals surface area contributed by atoms with E-state index < -0.39 is 17.6 Å². The molecule has 6 nitrogen and oxygen atoms in total. The maximum absolute atomic E-state index is 12.5. The van der Waals surface area contributed by atoms with E-state index in [1.54, 1.807) is 13.3 Å². The minimum atomic E-state index is -4.42. The van der Waals surface area contributed by atoms with Gasteiger partial charge in [0, 0.05) is 38.7 Å². The first kappa shape index (κ1) is 23.8. The molecule has 0 unspecified atom stereocenters. The molecule has 154 valence electrons. The summed E-state index contributed by atoms with van der Waals surface area (Å²) in [6.45, 7) is 1.33. The summed E-state index contributed by atoms with van der Waals surface area (Å²) in [6.07, 6.45) is -2.10. The SMILES string of the molecule is CN=C(NCCNC(=O)c1ccc(C(F)(F)F)cc1)NCCc1ccco1.I. The Morgan fingerprint density at radius 3 is 2.25 bits per heavy atom. The number of hydrogen-bond acceptors (Lipinski definition) is 3. The third-order valence-electron chi connectivity index (χ3n) is 3.64. The highest BCUT2D eigenvalue weighted by molar-refractivity contribution is 14.0. The van der Waals surface area contributed by atoms with Gasteiger partial charge >= 0.3 is 6.18 Å². The third-order valence-corrected chi connectivity index (χ3v) is 3.64. The largest absolute Gasteiger partial charge is 0.469 e. The van der Waals surface area contributed by atoms with Crippen LogP contribution in [0.25, 0.3) is 0 Å². The van der Waals surface area contributed by atoms with Crippen LogP contribution >= 0.6 is 24.0 Å². The molecule has 3 N–H and O–H groups in total. The first-order valence-electron chi connectivity index (χ1n) is 8.32. The zero-order chi connectivity index (χ0) is 19.7. The van der Waals surface area contributed by atoms with Gasteiger partial charge in [-0.2, -0.15) is 13.2 Å². The maximum Gasteiger partial charge on any atom is 0.416 e. The molecule has 10 heteroatoms. The molecule has 0 saturated heterocycles. The summed E-state index contributed by atoms with van der Waals surface area (Å²) in [6, 6.07) is 7.79. The number of rotatable bonds is 7. The van der Waals surface area contributed by atoms with E-state index in [1.165, 1.54) is 0 Å². The van der Waals surface area contributed by atoms with Crippen molar-refractivity contribution in [2.75, 3.05) is 26.7 Å². The van der Waals surface area contributed by atoms with E-state index in [4.69, 9.17) is 4.42 Å². The van der Waals surface area contributed by atoms with Gasteiger partial charge in [-0.1, -0.05) is 0 Å². The van der Waals surface area contributed by atoms with E-state index >= 15 is 0 Å². The number of carbonyl (C=O) groups is 1. The lowest BCUT2D eigenvalue weighted by Gasteiger charge is -2.12. The molecule has 28 heavy (non-hydrogen) atoms. The second kappa shape index (κ2) is 11.6. The molecule has 0 fully saturated rings. The van der Waals surface area contributed by atoms with E-state index in [0.717, 1.165) is 30.0 Å². The standard InChI is InChI=1S/C18H21F3N4O2.HI/c1-22-17(24-9-8-15-3-2-12-27-15)25-11-10-23-16(26)13-4-6-14(7-5-13)18(19,20)21;/h2-7,12H,8-11H2,1H3,(H,23,26)(H2,22,24,25);1H. The van der Waals surface area contributed by atoms with Gasteiger partial charge in [0.25, 0.3) is 5.91 Å².